The number of halogens is 2. The minimum atomic E-state index is -3.53. The van der Waals surface area contributed by atoms with Crippen LogP contribution in [0.15, 0.2) is 21.9 Å². The Balaban J connectivity index is 2.27. The Hall–Kier alpha value is -0.900. The Kier molecular flexibility index (Phi) is 3.67. The first-order valence-corrected chi connectivity index (χ1v) is 9.80. The number of fused-ring (bicyclic) bond motifs is 1. The minimum Gasteiger partial charge on any atom is -0.369 e. The van der Waals surface area contributed by atoms with Gasteiger partial charge in [-0.1, -0.05) is 11.6 Å². The molecule has 3 heterocycles. The number of nitrogens with two attached hydrogens (primary N) is 1. The second-order valence-corrected chi connectivity index (χ2v) is 9.34. The summed E-state index contributed by atoms with van der Waals surface area (Å²) in [5.41, 5.74) is 4.76. The van der Waals surface area contributed by atoms with E-state index in [1.807, 2.05) is 0 Å². The van der Waals surface area contributed by atoms with Crippen LogP contribution in [0.25, 0.3) is 10.1 Å². The normalized spacial score (nSPS) is 24.5. The third-order valence-corrected chi connectivity index (χ3v) is 8.34. The first-order valence-electron chi connectivity index (χ1n) is 6.20. The van der Waals surface area contributed by atoms with Gasteiger partial charge in [-0.15, -0.1) is 11.3 Å². The highest BCUT2D eigenvalue weighted by atomic mass is 79.9. The molecule has 10 heteroatoms. The van der Waals surface area contributed by atoms with E-state index in [1.54, 1.807) is 19.2 Å². The second kappa shape index (κ2) is 5.05. The van der Waals surface area contributed by atoms with Crippen LogP contribution in [0.1, 0.15) is 11.8 Å². The van der Waals surface area contributed by atoms with Gasteiger partial charge < -0.3 is 5.73 Å². The van der Waals surface area contributed by atoms with Crippen molar-refractivity contribution in [1.82, 2.24) is 9.29 Å². The number of pyridine rings is 1. The number of hydrogen-bond donors (Lipinski definition) is 1. The van der Waals surface area contributed by atoms with E-state index in [0.29, 0.717) is 14.5 Å². The molecule has 0 spiro atoms. The summed E-state index contributed by atoms with van der Waals surface area (Å²) in [5.74, 6) is -0.228. The molecule has 0 saturated heterocycles. The van der Waals surface area contributed by atoms with E-state index in [2.05, 4.69) is 25.9 Å². The number of guanidine groups is 1. The van der Waals surface area contributed by atoms with Crippen LogP contribution in [0, 0.1) is 0 Å². The Morgan fingerprint density at radius 1 is 1.55 bits per heavy atom. The first kappa shape index (κ1) is 16.0. The van der Waals surface area contributed by atoms with Crippen molar-refractivity contribution in [3.8, 4) is 0 Å². The van der Waals surface area contributed by atoms with Crippen LogP contribution < -0.4 is 5.73 Å². The van der Waals surface area contributed by atoms with Gasteiger partial charge in [0.15, 0.2) is 0 Å². The molecule has 1 unspecified atom stereocenters. The topological polar surface area (TPSA) is 88.7 Å². The SMILES string of the molecule is CN1C(N)=NC(C)(c2sc3c(Br)nccc3c2Cl)CS1(=O)=O. The van der Waals surface area contributed by atoms with E-state index < -0.39 is 15.6 Å². The van der Waals surface area contributed by atoms with Crippen molar-refractivity contribution in [1.29, 1.82) is 0 Å². The van der Waals surface area contributed by atoms with Gasteiger partial charge in [-0.05, 0) is 28.9 Å². The van der Waals surface area contributed by atoms with Gasteiger partial charge in [0.25, 0.3) is 0 Å². The average molecular weight is 424 g/mol. The molecule has 1 atom stereocenters. The summed E-state index contributed by atoms with van der Waals surface area (Å²) in [5, 5.41) is 1.30. The monoisotopic (exact) mass is 422 g/mol. The van der Waals surface area contributed by atoms with Crippen molar-refractivity contribution in [3.63, 3.8) is 0 Å². The molecule has 1 aliphatic heterocycles. The van der Waals surface area contributed by atoms with Crippen LogP contribution in [0.5, 0.6) is 0 Å². The maximum Gasteiger partial charge on any atom is 0.239 e. The summed E-state index contributed by atoms with van der Waals surface area (Å²) in [7, 11) is -2.14. The van der Waals surface area contributed by atoms with Gasteiger partial charge in [0.1, 0.15) is 10.1 Å². The number of hydrogen-bond acceptors (Lipinski definition) is 6. The lowest BCUT2D eigenvalue weighted by atomic mass is 10.0. The van der Waals surface area contributed by atoms with E-state index in [0.717, 1.165) is 14.4 Å². The molecule has 0 bridgehead atoms. The number of rotatable bonds is 1. The molecule has 2 aromatic rings. The van der Waals surface area contributed by atoms with Crippen LogP contribution in [-0.2, 0) is 15.6 Å². The van der Waals surface area contributed by atoms with E-state index in [-0.39, 0.29) is 11.7 Å². The zero-order valence-electron chi connectivity index (χ0n) is 11.7. The molecule has 1 aliphatic rings. The lowest BCUT2D eigenvalue weighted by Crippen LogP contribution is -2.50. The van der Waals surface area contributed by atoms with E-state index in [9.17, 15) is 8.42 Å². The molecule has 3 rings (SSSR count). The summed E-state index contributed by atoms with van der Waals surface area (Å²) in [4.78, 5) is 9.21. The molecule has 0 radical (unpaired) electrons. The van der Waals surface area contributed by atoms with Crippen molar-refractivity contribution in [3.05, 3.63) is 26.8 Å². The fourth-order valence-corrected chi connectivity index (χ4v) is 6.17. The largest absolute Gasteiger partial charge is 0.369 e. The summed E-state index contributed by atoms with van der Waals surface area (Å²) in [6, 6.07) is 1.79. The van der Waals surface area contributed by atoms with Gasteiger partial charge in [0.05, 0.1) is 20.4 Å². The molecule has 0 aromatic carbocycles. The summed E-state index contributed by atoms with van der Waals surface area (Å²) in [6.45, 7) is 1.72. The maximum atomic E-state index is 12.3. The van der Waals surface area contributed by atoms with Crippen molar-refractivity contribution < 1.29 is 8.42 Å². The predicted molar refractivity (Wildman–Crippen MR) is 92.9 cm³/mol. The van der Waals surface area contributed by atoms with Gasteiger partial charge >= 0.3 is 0 Å². The molecular formula is C12H12BrClN4O2S2. The van der Waals surface area contributed by atoms with E-state index in [1.165, 1.54) is 18.4 Å². The van der Waals surface area contributed by atoms with Crippen LogP contribution >= 0.6 is 38.9 Å². The molecule has 0 amide bonds. The quantitative estimate of drug-likeness (QED) is 0.714. The van der Waals surface area contributed by atoms with Gasteiger partial charge in [0, 0.05) is 18.6 Å². The number of aliphatic imine (C=N–C) groups is 1. The minimum absolute atomic E-state index is 0.0422. The average Bonchev–Trinajstić information content (AvgIpc) is 2.76. The highest BCUT2D eigenvalue weighted by Crippen LogP contribution is 2.46. The Morgan fingerprint density at radius 2 is 2.23 bits per heavy atom. The third kappa shape index (κ3) is 2.31. The van der Waals surface area contributed by atoms with Crippen LogP contribution in [0.3, 0.4) is 0 Å². The van der Waals surface area contributed by atoms with Gasteiger partial charge in [-0.25, -0.2) is 22.7 Å². The highest BCUT2D eigenvalue weighted by molar-refractivity contribution is 9.10. The molecule has 2 N–H and O–H groups in total. The van der Waals surface area contributed by atoms with Crippen molar-refractivity contribution in [2.45, 2.75) is 12.5 Å². The summed E-state index contributed by atoms with van der Waals surface area (Å²) < 4.78 is 27.1. The molecule has 6 nitrogen and oxygen atoms in total. The number of thiophene rings is 1. The number of sulfonamides is 1. The van der Waals surface area contributed by atoms with Crippen LogP contribution in [0.4, 0.5) is 0 Å². The zero-order valence-corrected chi connectivity index (χ0v) is 15.6. The molecular weight excluding hydrogens is 412 g/mol. The zero-order chi connectivity index (χ0) is 16.3. The molecule has 0 fully saturated rings. The van der Waals surface area contributed by atoms with Crippen molar-refractivity contribution in [2.75, 3.05) is 12.8 Å². The molecule has 22 heavy (non-hydrogen) atoms. The Morgan fingerprint density at radius 3 is 2.82 bits per heavy atom. The molecule has 118 valence electrons. The molecule has 2 aromatic heterocycles. The van der Waals surface area contributed by atoms with E-state index in [4.69, 9.17) is 17.3 Å². The van der Waals surface area contributed by atoms with Gasteiger partial charge in [-0.2, -0.15) is 0 Å². The lowest BCUT2D eigenvalue weighted by Gasteiger charge is -2.33. The molecule has 0 aliphatic carbocycles. The Labute approximate surface area is 145 Å². The van der Waals surface area contributed by atoms with Crippen molar-refractivity contribution >= 4 is 64.9 Å². The standard InChI is InChI=1S/C12H12BrClN4O2S2/c1-12(5-22(19,20)18(2)11(15)17-12)9-7(14)6-3-4-16-10(13)8(6)21-9/h3-4H,5H2,1-2H3,(H2,15,17). The fraction of sp³-hybridized carbons (Fsp3) is 0.333. The highest BCUT2D eigenvalue weighted by Gasteiger charge is 2.42. The van der Waals surface area contributed by atoms with Crippen molar-refractivity contribution in [2.24, 2.45) is 10.7 Å². The lowest BCUT2D eigenvalue weighted by molar-refractivity contribution is 0.482. The maximum absolute atomic E-state index is 12.3. The summed E-state index contributed by atoms with van der Waals surface area (Å²) >= 11 is 11.2. The Bertz CT molecular complexity index is 911. The second-order valence-electron chi connectivity index (χ2n) is 5.19. The van der Waals surface area contributed by atoms with Gasteiger partial charge in [-0.3, -0.25) is 0 Å². The van der Waals surface area contributed by atoms with Crippen LogP contribution in [0.2, 0.25) is 5.02 Å². The fourth-order valence-electron chi connectivity index (χ4n) is 2.37. The summed E-state index contributed by atoms with van der Waals surface area (Å²) in [6.07, 6.45) is 1.64. The molecule has 0 saturated carbocycles. The number of aromatic nitrogens is 1. The third-order valence-electron chi connectivity index (χ3n) is 3.55. The smallest absolute Gasteiger partial charge is 0.239 e. The first-order chi connectivity index (χ1) is 10.2. The van der Waals surface area contributed by atoms with E-state index >= 15 is 0 Å². The van der Waals surface area contributed by atoms with Crippen LogP contribution in [-0.4, -0.2) is 36.5 Å². The van der Waals surface area contributed by atoms with Gasteiger partial charge in [0.2, 0.25) is 16.0 Å². The predicted octanol–water partition coefficient (Wildman–Crippen LogP) is 2.52. The number of nitrogens with zero attached hydrogens (tertiary/aromatic N) is 3.